The molecule has 0 fully saturated rings. The van der Waals surface area contributed by atoms with Crippen LogP contribution in [0.2, 0.25) is 0 Å². The van der Waals surface area contributed by atoms with E-state index in [0.29, 0.717) is 11.9 Å². The number of nitrogens with zero attached hydrogens (tertiary/aromatic N) is 9. The van der Waals surface area contributed by atoms with Crippen molar-refractivity contribution in [3.63, 3.8) is 0 Å². The molecule has 0 spiro atoms. The Morgan fingerprint density at radius 2 is 0.691 bits per heavy atom. The molecule has 634 valence electrons. The number of rotatable bonds is 9. The van der Waals surface area contributed by atoms with E-state index in [1.165, 1.54) is 84.0 Å². The van der Waals surface area contributed by atoms with Crippen molar-refractivity contribution < 1.29 is 8.83 Å². The molecule has 0 saturated heterocycles. The molecule has 11 nitrogen and oxygen atoms in total. The van der Waals surface area contributed by atoms with E-state index in [-0.39, 0.29) is 0 Å². The van der Waals surface area contributed by atoms with Gasteiger partial charge in [-0.15, -0.1) is 22.7 Å². The van der Waals surface area contributed by atoms with E-state index in [1.54, 1.807) is 0 Å². The highest BCUT2D eigenvalue weighted by Gasteiger charge is 2.27. The Labute approximate surface area is 784 Å². The van der Waals surface area contributed by atoms with Crippen LogP contribution in [0.15, 0.2) is 452 Å². The van der Waals surface area contributed by atoms with Gasteiger partial charge in [-0.3, -0.25) is 13.7 Å². The maximum absolute atomic E-state index is 6.65. The van der Waals surface area contributed by atoms with Crippen LogP contribution in [0.5, 0.6) is 0 Å². The van der Waals surface area contributed by atoms with Crippen LogP contribution < -0.4 is 0 Å². The lowest BCUT2D eigenvalue weighted by Crippen LogP contribution is -2.03. The molecule has 0 saturated carbocycles. The predicted molar refractivity (Wildman–Crippen MR) is 568 cm³/mol. The maximum Gasteiger partial charge on any atom is 0.235 e. The number of fused-ring (bicyclic) bond motifs is 29. The summed E-state index contributed by atoms with van der Waals surface area (Å²) >= 11 is 3.70. The van der Waals surface area contributed by atoms with E-state index >= 15 is 0 Å². The lowest BCUT2D eigenvalue weighted by Gasteiger charge is -2.14. The van der Waals surface area contributed by atoms with Gasteiger partial charge in [0.15, 0.2) is 0 Å². The maximum atomic E-state index is 6.65. The summed E-state index contributed by atoms with van der Waals surface area (Å²) in [5.41, 5.74) is 25.1. The molecule has 13 heteroatoms. The van der Waals surface area contributed by atoms with Gasteiger partial charge in [-0.2, -0.15) is 0 Å². The molecule has 30 rings (SSSR count). The summed E-state index contributed by atoms with van der Waals surface area (Å²) in [6.07, 6.45) is 1.88. The van der Waals surface area contributed by atoms with Crippen LogP contribution in [0.4, 0.5) is 0 Å². The second-order valence-corrected chi connectivity index (χ2v) is 36.9. The Bertz CT molecular complexity index is 10100. The number of para-hydroxylation sites is 6. The third-order valence-electron chi connectivity index (χ3n) is 27.2. The van der Waals surface area contributed by atoms with Crippen molar-refractivity contribution in [3.8, 4) is 79.4 Å². The van der Waals surface area contributed by atoms with Gasteiger partial charge < -0.3 is 13.4 Å². The fourth-order valence-corrected chi connectivity index (χ4v) is 23.6. The fourth-order valence-electron chi connectivity index (χ4n) is 21.1. The number of aromatic nitrogens is 9. The highest BCUT2D eigenvalue weighted by molar-refractivity contribution is 7.27. The number of pyridine rings is 1. The number of hydrogen-bond acceptors (Lipinski definition) is 9. The van der Waals surface area contributed by atoms with Gasteiger partial charge in [-0.25, -0.2) is 24.9 Å². The fraction of sp³-hybridized carbons (Fsp3) is 0. The van der Waals surface area contributed by atoms with Gasteiger partial charge in [0, 0.05) is 134 Å². The summed E-state index contributed by atoms with van der Waals surface area (Å²) in [4.78, 5) is 26.1. The van der Waals surface area contributed by atoms with Crippen molar-refractivity contribution in [1.82, 2.24) is 43.2 Å². The Hall–Kier alpha value is -17.8. The van der Waals surface area contributed by atoms with E-state index in [2.05, 4.69) is 419 Å². The number of furan rings is 2. The third kappa shape index (κ3) is 12.2. The molecule has 0 aliphatic carbocycles. The van der Waals surface area contributed by atoms with Crippen LogP contribution in [0, 0.1) is 0 Å². The van der Waals surface area contributed by atoms with E-state index in [9.17, 15) is 0 Å². The van der Waals surface area contributed by atoms with Crippen molar-refractivity contribution >= 4 is 216 Å². The van der Waals surface area contributed by atoms with E-state index in [4.69, 9.17) is 33.8 Å². The number of hydrogen-bond donors (Lipinski definition) is 0. The Morgan fingerprint density at radius 3 is 1.34 bits per heavy atom. The van der Waals surface area contributed by atoms with E-state index < -0.39 is 0 Å². The molecular weight excluding hydrogens is 1700 g/mol. The zero-order valence-electron chi connectivity index (χ0n) is 72.8. The monoisotopic (exact) mass is 1770 g/mol. The van der Waals surface area contributed by atoms with Crippen molar-refractivity contribution in [2.75, 3.05) is 0 Å². The molecule has 136 heavy (non-hydrogen) atoms. The van der Waals surface area contributed by atoms with Crippen LogP contribution in [0.3, 0.4) is 0 Å². The summed E-state index contributed by atoms with van der Waals surface area (Å²) in [6, 6.07) is 154. The van der Waals surface area contributed by atoms with E-state index in [0.717, 1.165) is 177 Å². The number of thiophene rings is 2. The molecule has 19 aromatic carbocycles. The summed E-state index contributed by atoms with van der Waals surface area (Å²) < 4.78 is 27.4. The topological polar surface area (TPSA) is 110 Å². The molecule has 11 heterocycles. The highest BCUT2D eigenvalue weighted by atomic mass is 32.1. The standard InChI is InChI=1S/C45H26N2OS.C40H24N4S.C38H23N3O/c1-2-11-27(12-3-1)28-21-22-35-38(25-28)47(37-24-23-33-31-15-6-8-19-39(31)48-44(33)42(35)37)41-26-29-13-4-5-14-30(29)43(46-41)36-18-10-17-34-32-16-7-9-20-40(32)49-45(34)36;1-5-16-33-27(12-1)28-13-2-6-17-34(28)43(33)26-11-9-10-25(24-26)32-22-23-41-40(42-32)44-35-18-7-3-15-31(35)38-36(44)21-20-30-29-14-4-8-19-37(29)45-39(30)38;1-3-11-24(12-4-1)26-19-21-31-30(23-26)36(25-13-5-2-6-14-25)40-38(39-31)41-32-17-9-7-16-29(32)35-33(41)22-20-28-27-15-8-10-18-34(27)42-37(28)35/h1-26H;1-24H;1-23H. The van der Waals surface area contributed by atoms with Crippen LogP contribution in [0.25, 0.3) is 273 Å². The first-order valence-electron chi connectivity index (χ1n) is 45.7. The van der Waals surface area contributed by atoms with Gasteiger partial charge in [0.05, 0.1) is 77.5 Å². The van der Waals surface area contributed by atoms with Gasteiger partial charge in [0.25, 0.3) is 0 Å². The first kappa shape index (κ1) is 77.1. The van der Waals surface area contributed by atoms with Crippen molar-refractivity contribution in [3.05, 3.63) is 443 Å². The lowest BCUT2D eigenvalue weighted by atomic mass is 10.0. The minimum absolute atomic E-state index is 0.635. The quantitative estimate of drug-likeness (QED) is 0.142. The minimum Gasteiger partial charge on any atom is -0.455 e. The Morgan fingerprint density at radius 1 is 0.228 bits per heavy atom. The first-order valence-corrected chi connectivity index (χ1v) is 47.4. The predicted octanol–water partition coefficient (Wildman–Crippen LogP) is 33.6. The van der Waals surface area contributed by atoms with Gasteiger partial charge in [0.2, 0.25) is 11.9 Å². The number of benzene rings is 19. The second-order valence-electron chi connectivity index (χ2n) is 34.8. The molecule has 30 aromatic rings. The molecule has 0 bridgehead atoms. The minimum atomic E-state index is 0.635. The molecule has 11 aromatic heterocycles. The molecule has 0 aliphatic heterocycles. The molecular formula is C123H73N9O2S2. The summed E-state index contributed by atoms with van der Waals surface area (Å²) in [5.74, 6) is 2.18. The van der Waals surface area contributed by atoms with Crippen LogP contribution in [-0.4, -0.2) is 43.2 Å². The van der Waals surface area contributed by atoms with Crippen molar-refractivity contribution in [2.45, 2.75) is 0 Å². The zero-order valence-corrected chi connectivity index (χ0v) is 74.4. The van der Waals surface area contributed by atoms with Gasteiger partial charge in [0.1, 0.15) is 28.1 Å². The zero-order chi connectivity index (χ0) is 89.2. The third-order valence-corrected chi connectivity index (χ3v) is 29.6. The van der Waals surface area contributed by atoms with Gasteiger partial charge in [-0.05, 0) is 149 Å². The normalized spacial score (nSPS) is 12.0. The lowest BCUT2D eigenvalue weighted by molar-refractivity contribution is 0.672. The van der Waals surface area contributed by atoms with Gasteiger partial charge in [-0.1, -0.05) is 315 Å². The largest absolute Gasteiger partial charge is 0.455 e. The van der Waals surface area contributed by atoms with Gasteiger partial charge >= 0.3 is 0 Å². The molecule has 0 amide bonds. The Kier molecular flexibility index (Phi) is 17.5. The van der Waals surface area contributed by atoms with Crippen LogP contribution >= 0.6 is 22.7 Å². The molecule has 0 aliphatic rings. The molecule has 0 atom stereocenters. The Balaban J connectivity index is 0.000000101. The first-order chi connectivity index (χ1) is 67.5. The summed E-state index contributed by atoms with van der Waals surface area (Å²) in [5, 5.41) is 22.4. The highest BCUT2D eigenvalue weighted by Crippen LogP contribution is 2.49. The smallest absolute Gasteiger partial charge is 0.235 e. The molecule has 0 radical (unpaired) electrons. The van der Waals surface area contributed by atoms with Crippen LogP contribution in [0.1, 0.15) is 0 Å². The molecule has 0 unspecified atom stereocenters. The van der Waals surface area contributed by atoms with Crippen LogP contribution in [-0.2, 0) is 0 Å². The summed E-state index contributed by atoms with van der Waals surface area (Å²) in [7, 11) is 0. The van der Waals surface area contributed by atoms with E-state index in [1.807, 2.05) is 65.3 Å². The van der Waals surface area contributed by atoms with Crippen molar-refractivity contribution in [1.29, 1.82) is 0 Å². The SMILES string of the molecule is c1cc(-c2ccnc(-n3c4ccccc4c4c5sc6ccccc6c5ccc43)n2)cc(-n2c3ccccc3c3ccccc32)c1.c1ccc(-c2ccc3c4c5oc6ccccc6c5ccc4n(-c4cc5ccccc5c(-c5cccc6c5sc5ccccc56)n4)c3c2)cc1.c1ccc(-c2ccc3nc(-n4c5ccccc5c5c6oc7ccccc7c6ccc54)nc(-c4ccccc4)c3c2)cc1. The average Bonchev–Trinajstić information content (AvgIpc) is 1.57. The molecule has 0 N–H and O–H groups in total. The summed E-state index contributed by atoms with van der Waals surface area (Å²) in [6.45, 7) is 0. The second kappa shape index (κ2) is 31.0. The average molecular weight is 1770 g/mol. The van der Waals surface area contributed by atoms with Crippen molar-refractivity contribution in [2.24, 2.45) is 0 Å².